The molecular weight excluding hydrogens is 224 g/mol. The average molecular weight is 236 g/mol. The largest absolute Gasteiger partial charge is 0.431 e. The Balaban J connectivity index is 2.02. The summed E-state index contributed by atoms with van der Waals surface area (Å²) in [4.78, 5) is 15.5. The first-order valence-corrected chi connectivity index (χ1v) is 6.03. The van der Waals surface area contributed by atoms with E-state index in [1.54, 1.807) is 0 Å². The molecule has 2 rings (SSSR count). The Morgan fingerprint density at radius 3 is 3.06 bits per heavy atom. The van der Waals surface area contributed by atoms with Crippen molar-refractivity contribution in [3.8, 4) is 0 Å². The van der Waals surface area contributed by atoms with Crippen molar-refractivity contribution in [2.75, 3.05) is 12.3 Å². The molecule has 5 heteroatoms. The third-order valence-corrected chi connectivity index (χ3v) is 2.80. The highest BCUT2D eigenvalue weighted by atomic mass is 32.2. The molecule has 2 aromatic rings. The molecule has 4 nitrogen and oxygen atoms in total. The van der Waals surface area contributed by atoms with Gasteiger partial charge in [0, 0.05) is 6.54 Å². The predicted octanol–water partition coefficient (Wildman–Crippen LogP) is 2.06. The number of para-hydroxylation sites is 2. The highest BCUT2D eigenvalue weighted by molar-refractivity contribution is 7.99. The highest BCUT2D eigenvalue weighted by Gasteiger charge is 2.07. The number of carbonyl (C=O) groups is 1. The maximum atomic E-state index is 11.2. The number of thioether (sulfide) groups is 1. The quantitative estimate of drug-likeness (QED) is 0.825. The van der Waals surface area contributed by atoms with Crippen LogP contribution in [0.5, 0.6) is 0 Å². The summed E-state index contributed by atoms with van der Waals surface area (Å²) in [7, 11) is 0. The molecule has 0 aliphatic carbocycles. The van der Waals surface area contributed by atoms with E-state index in [1.807, 2.05) is 31.2 Å². The number of oxazole rings is 1. The molecular formula is C11H12N2O2S. The van der Waals surface area contributed by atoms with E-state index in [9.17, 15) is 4.79 Å². The average Bonchev–Trinajstić information content (AvgIpc) is 2.69. The third kappa shape index (κ3) is 2.55. The topological polar surface area (TPSA) is 55.1 Å². The van der Waals surface area contributed by atoms with Crippen molar-refractivity contribution < 1.29 is 9.21 Å². The van der Waals surface area contributed by atoms with Crippen molar-refractivity contribution in [3.05, 3.63) is 24.3 Å². The number of hydrogen-bond acceptors (Lipinski definition) is 4. The molecule has 0 saturated carbocycles. The summed E-state index contributed by atoms with van der Waals surface area (Å²) in [6.45, 7) is 2.54. The van der Waals surface area contributed by atoms with Crippen molar-refractivity contribution in [2.45, 2.75) is 12.1 Å². The van der Waals surface area contributed by atoms with E-state index in [1.165, 1.54) is 11.8 Å². The fourth-order valence-electron chi connectivity index (χ4n) is 1.29. The second-order valence-corrected chi connectivity index (χ2v) is 4.12. The minimum Gasteiger partial charge on any atom is -0.431 e. The second-order valence-electron chi connectivity index (χ2n) is 3.19. The number of fused-ring (bicyclic) bond motifs is 1. The normalized spacial score (nSPS) is 10.6. The van der Waals surface area contributed by atoms with Crippen LogP contribution in [0.3, 0.4) is 0 Å². The fourth-order valence-corrected chi connectivity index (χ4v) is 1.96. The first kappa shape index (κ1) is 11.0. The Bertz CT molecular complexity index is 462. The first-order valence-electron chi connectivity index (χ1n) is 5.04. The summed E-state index contributed by atoms with van der Waals surface area (Å²) >= 11 is 1.30. The maximum Gasteiger partial charge on any atom is 0.257 e. The van der Waals surface area contributed by atoms with E-state index >= 15 is 0 Å². The number of benzene rings is 1. The van der Waals surface area contributed by atoms with Crippen molar-refractivity contribution >= 4 is 28.8 Å². The lowest BCUT2D eigenvalue weighted by Crippen LogP contribution is -2.24. The molecule has 1 N–H and O–H groups in total. The summed E-state index contributed by atoms with van der Waals surface area (Å²) in [6, 6.07) is 7.54. The molecule has 1 aromatic heterocycles. The second kappa shape index (κ2) is 5.03. The number of aromatic nitrogens is 1. The van der Waals surface area contributed by atoms with Crippen molar-refractivity contribution in [1.29, 1.82) is 0 Å². The maximum absolute atomic E-state index is 11.2. The Morgan fingerprint density at radius 2 is 2.31 bits per heavy atom. The van der Waals surface area contributed by atoms with Crippen LogP contribution in [-0.4, -0.2) is 23.2 Å². The van der Waals surface area contributed by atoms with E-state index in [-0.39, 0.29) is 5.91 Å². The van der Waals surface area contributed by atoms with Gasteiger partial charge in [-0.05, 0) is 19.1 Å². The molecule has 16 heavy (non-hydrogen) atoms. The van der Waals surface area contributed by atoms with Gasteiger partial charge in [-0.1, -0.05) is 23.9 Å². The van der Waals surface area contributed by atoms with Gasteiger partial charge in [-0.15, -0.1) is 0 Å². The van der Waals surface area contributed by atoms with Gasteiger partial charge in [-0.3, -0.25) is 4.79 Å². The lowest BCUT2D eigenvalue weighted by Gasteiger charge is -1.98. The van der Waals surface area contributed by atoms with E-state index in [4.69, 9.17) is 4.42 Å². The van der Waals surface area contributed by atoms with E-state index in [0.717, 1.165) is 11.1 Å². The van der Waals surface area contributed by atoms with Gasteiger partial charge in [0.25, 0.3) is 5.22 Å². The minimum atomic E-state index is -0.00486. The number of nitrogens with one attached hydrogen (secondary N) is 1. The van der Waals surface area contributed by atoms with Crippen molar-refractivity contribution in [3.63, 3.8) is 0 Å². The molecule has 1 heterocycles. The summed E-state index contributed by atoms with van der Waals surface area (Å²) in [5.41, 5.74) is 1.57. The molecule has 1 aromatic carbocycles. The monoisotopic (exact) mass is 236 g/mol. The molecule has 0 radical (unpaired) electrons. The molecule has 0 saturated heterocycles. The standard InChI is InChI=1S/C11H12N2O2S/c1-2-12-10(14)7-16-11-13-8-5-3-4-6-9(8)15-11/h3-6H,2,7H2,1H3,(H,12,14). The van der Waals surface area contributed by atoms with Crippen LogP contribution in [-0.2, 0) is 4.79 Å². The zero-order valence-corrected chi connectivity index (χ0v) is 9.71. The van der Waals surface area contributed by atoms with Crippen LogP contribution in [0.15, 0.2) is 33.9 Å². The van der Waals surface area contributed by atoms with Gasteiger partial charge in [0.1, 0.15) is 5.52 Å². The van der Waals surface area contributed by atoms with Gasteiger partial charge in [0.05, 0.1) is 5.75 Å². The zero-order valence-electron chi connectivity index (χ0n) is 8.90. The SMILES string of the molecule is CCNC(=O)CSc1nc2ccccc2o1. The molecule has 0 aliphatic rings. The molecule has 0 aliphatic heterocycles. The number of nitrogens with zero attached hydrogens (tertiary/aromatic N) is 1. The Morgan fingerprint density at radius 1 is 1.50 bits per heavy atom. The lowest BCUT2D eigenvalue weighted by molar-refractivity contribution is -0.118. The molecule has 0 bridgehead atoms. The van der Waals surface area contributed by atoms with Crippen LogP contribution in [0.4, 0.5) is 0 Å². The summed E-state index contributed by atoms with van der Waals surface area (Å²) in [6.07, 6.45) is 0. The Kier molecular flexibility index (Phi) is 3.46. The smallest absolute Gasteiger partial charge is 0.257 e. The van der Waals surface area contributed by atoms with E-state index < -0.39 is 0 Å². The number of carbonyl (C=O) groups excluding carboxylic acids is 1. The van der Waals surface area contributed by atoms with Crippen LogP contribution >= 0.6 is 11.8 Å². The molecule has 0 unspecified atom stereocenters. The zero-order chi connectivity index (χ0) is 11.4. The predicted molar refractivity (Wildman–Crippen MR) is 63.4 cm³/mol. The van der Waals surface area contributed by atoms with Gasteiger partial charge >= 0.3 is 0 Å². The summed E-state index contributed by atoms with van der Waals surface area (Å²) in [5, 5.41) is 3.25. The number of amides is 1. The Labute approximate surface area is 97.4 Å². The van der Waals surface area contributed by atoms with Gasteiger partial charge in [0.15, 0.2) is 5.58 Å². The molecule has 0 fully saturated rings. The van der Waals surface area contributed by atoms with Crippen LogP contribution < -0.4 is 5.32 Å². The molecule has 0 atom stereocenters. The summed E-state index contributed by atoms with van der Waals surface area (Å²) < 4.78 is 5.47. The van der Waals surface area contributed by atoms with Gasteiger partial charge < -0.3 is 9.73 Å². The minimum absolute atomic E-state index is 0.00486. The highest BCUT2D eigenvalue weighted by Crippen LogP contribution is 2.22. The van der Waals surface area contributed by atoms with E-state index in [0.29, 0.717) is 17.5 Å². The molecule has 84 valence electrons. The third-order valence-electron chi connectivity index (χ3n) is 1.97. The van der Waals surface area contributed by atoms with Gasteiger partial charge in [-0.2, -0.15) is 0 Å². The van der Waals surface area contributed by atoms with Crippen LogP contribution in [0.25, 0.3) is 11.1 Å². The Hall–Kier alpha value is -1.49. The number of hydrogen-bond donors (Lipinski definition) is 1. The van der Waals surface area contributed by atoms with Gasteiger partial charge in [0.2, 0.25) is 5.91 Å². The van der Waals surface area contributed by atoms with Crippen LogP contribution in [0.2, 0.25) is 0 Å². The molecule has 0 spiro atoms. The van der Waals surface area contributed by atoms with Crippen LogP contribution in [0.1, 0.15) is 6.92 Å². The number of rotatable bonds is 4. The van der Waals surface area contributed by atoms with Gasteiger partial charge in [-0.25, -0.2) is 4.98 Å². The van der Waals surface area contributed by atoms with Crippen LogP contribution in [0, 0.1) is 0 Å². The first-order chi connectivity index (χ1) is 7.79. The van der Waals surface area contributed by atoms with E-state index in [2.05, 4.69) is 10.3 Å². The summed E-state index contributed by atoms with van der Waals surface area (Å²) in [5.74, 6) is 0.329. The lowest BCUT2D eigenvalue weighted by atomic mass is 10.3. The fraction of sp³-hybridized carbons (Fsp3) is 0.273. The van der Waals surface area contributed by atoms with Crippen molar-refractivity contribution in [1.82, 2.24) is 10.3 Å². The van der Waals surface area contributed by atoms with Crippen molar-refractivity contribution in [2.24, 2.45) is 0 Å². The molecule has 1 amide bonds.